The van der Waals surface area contributed by atoms with Crippen LogP contribution in [0.2, 0.25) is 5.02 Å². The number of halogens is 1. The van der Waals surface area contributed by atoms with Crippen molar-refractivity contribution in [2.75, 3.05) is 11.1 Å². The maximum Gasteiger partial charge on any atom is 0.236 e. The highest BCUT2D eigenvalue weighted by Crippen LogP contribution is 2.36. The van der Waals surface area contributed by atoms with Crippen molar-refractivity contribution in [3.8, 4) is 6.07 Å². The van der Waals surface area contributed by atoms with Crippen LogP contribution in [0.15, 0.2) is 46.4 Å². The summed E-state index contributed by atoms with van der Waals surface area (Å²) in [7, 11) is 0. The Morgan fingerprint density at radius 2 is 2.23 bits per heavy atom. The lowest BCUT2D eigenvalue weighted by Gasteiger charge is -2.25. The summed E-state index contributed by atoms with van der Waals surface area (Å²) in [5.74, 6) is -0.729. The normalized spacial score (nSPS) is 16.8. The van der Waals surface area contributed by atoms with E-state index < -0.39 is 0 Å². The summed E-state index contributed by atoms with van der Waals surface area (Å²) in [6.45, 7) is 0. The van der Waals surface area contributed by atoms with Gasteiger partial charge in [0.25, 0.3) is 0 Å². The van der Waals surface area contributed by atoms with Gasteiger partial charge in [0.1, 0.15) is 0 Å². The smallest absolute Gasteiger partial charge is 0.236 e. The van der Waals surface area contributed by atoms with Crippen LogP contribution in [0.3, 0.4) is 0 Å². The van der Waals surface area contributed by atoms with Gasteiger partial charge in [-0.25, -0.2) is 4.98 Å². The van der Waals surface area contributed by atoms with Crippen LogP contribution >= 0.6 is 34.7 Å². The molecule has 0 radical (unpaired) electrons. The monoisotopic (exact) mass is 404 g/mol. The van der Waals surface area contributed by atoms with Crippen LogP contribution in [0.25, 0.3) is 0 Å². The van der Waals surface area contributed by atoms with E-state index in [0.29, 0.717) is 20.8 Å². The van der Waals surface area contributed by atoms with E-state index in [4.69, 9.17) is 11.6 Å². The third-order valence-electron chi connectivity index (χ3n) is 3.65. The minimum atomic E-state index is -0.351. The Morgan fingerprint density at radius 1 is 1.46 bits per heavy atom. The summed E-state index contributed by atoms with van der Waals surface area (Å²) in [6, 6.07) is 9.25. The number of benzene rings is 1. The molecule has 2 amide bonds. The third-order valence-corrected chi connectivity index (χ3v) is 5.61. The van der Waals surface area contributed by atoms with Gasteiger partial charge in [-0.3, -0.25) is 9.59 Å². The molecule has 2 heterocycles. The molecule has 0 spiro atoms. The zero-order valence-electron chi connectivity index (χ0n) is 13.4. The Labute approximate surface area is 163 Å². The maximum absolute atomic E-state index is 12.1. The number of hydrogen-bond acceptors (Lipinski definition) is 6. The first kappa shape index (κ1) is 18.5. The zero-order valence-corrected chi connectivity index (χ0v) is 15.7. The summed E-state index contributed by atoms with van der Waals surface area (Å²) in [6.07, 6.45) is 1.78. The second-order valence-electron chi connectivity index (χ2n) is 5.39. The highest BCUT2D eigenvalue weighted by atomic mass is 35.5. The first-order valence-electron chi connectivity index (χ1n) is 7.58. The molecule has 1 atom stereocenters. The molecule has 1 aliphatic heterocycles. The van der Waals surface area contributed by atoms with Crippen LogP contribution in [-0.2, 0) is 9.59 Å². The molecule has 6 nitrogen and oxygen atoms in total. The third kappa shape index (κ3) is 4.43. The second kappa shape index (κ2) is 8.36. The molecule has 0 unspecified atom stereocenters. The van der Waals surface area contributed by atoms with E-state index in [1.165, 1.54) is 11.3 Å². The number of rotatable bonds is 5. The van der Waals surface area contributed by atoms with Crippen molar-refractivity contribution in [3.05, 3.63) is 57.0 Å². The van der Waals surface area contributed by atoms with Crippen LogP contribution in [0.1, 0.15) is 17.9 Å². The van der Waals surface area contributed by atoms with Gasteiger partial charge in [-0.05, 0) is 17.7 Å². The van der Waals surface area contributed by atoms with E-state index in [0.717, 1.165) is 17.3 Å². The molecule has 0 saturated heterocycles. The van der Waals surface area contributed by atoms with Crippen molar-refractivity contribution in [1.82, 2.24) is 10.3 Å². The van der Waals surface area contributed by atoms with E-state index in [1.807, 2.05) is 0 Å². The average molecular weight is 405 g/mol. The van der Waals surface area contributed by atoms with Crippen LogP contribution in [-0.4, -0.2) is 22.6 Å². The van der Waals surface area contributed by atoms with Gasteiger partial charge in [0.15, 0.2) is 5.13 Å². The molecular formula is C17H13ClN4O2S2. The van der Waals surface area contributed by atoms with E-state index >= 15 is 0 Å². The highest BCUT2D eigenvalue weighted by molar-refractivity contribution is 8.03. The molecule has 1 aromatic carbocycles. The number of carbonyl (C=O) groups is 2. The molecule has 2 aromatic rings. The van der Waals surface area contributed by atoms with E-state index in [2.05, 4.69) is 21.7 Å². The fraction of sp³-hybridized carbons (Fsp3) is 0.176. The summed E-state index contributed by atoms with van der Waals surface area (Å²) < 4.78 is 0. The Kier molecular flexibility index (Phi) is 5.93. The van der Waals surface area contributed by atoms with Crippen molar-refractivity contribution < 1.29 is 9.59 Å². The highest BCUT2D eigenvalue weighted by Gasteiger charge is 2.29. The van der Waals surface area contributed by atoms with Gasteiger partial charge >= 0.3 is 0 Å². The van der Waals surface area contributed by atoms with Gasteiger partial charge in [-0.1, -0.05) is 35.5 Å². The molecule has 26 heavy (non-hydrogen) atoms. The van der Waals surface area contributed by atoms with Gasteiger partial charge in [-0.2, -0.15) is 5.26 Å². The second-order valence-corrected chi connectivity index (χ2v) is 7.70. The van der Waals surface area contributed by atoms with Gasteiger partial charge in [-0.15, -0.1) is 11.3 Å². The first-order chi connectivity index (χ1) is 12.6. The maximum atomic E-state index is 12.1. The lowest BCUT2D eigenvalue weighted by atomic mass is 9.87. The van der Waals surface area contributed by atoms with E-state index in [9.17, 15) is 14.9 Å². The Balaban J connectivity index is 1.76. The molecule has 1 aliphatic rings. The quantitative estimate of drug-likeness (QED) is 0.795. The topological polar surface area (TPSA) is 94.9 Å². The summed E-state index contributed by atoms with van der Waals surface area (Å²) in [5, 5.41) is 18.2. The minimum absolute atomic E-state index is 0.0632. The molecule has 132 valence electrons. The molecule has 0 aliphatic carbocycles. The lowest BCUT2D eigenvalue weighted by molar-refractivity contribution is -0.121. The number of thiazole rings is 1. The Hall–Kier alpha value is -2.34. The number of nitrogens with one attached hydrogen (secondary N) is 2. The van der Waals surface area contributed by atoms with Crippen molar-refractivity contribution in [2.24, 2.45) is 0 Å². The molecule has 2 N–H and O–H groups in total. The van der Waals surface area contributed by atoms with Crippen LogP contribution in [0.5, 0.6) is 0 Å². The summed E-state index contributed by atoms with van der Waals surface area (Å²) >= 11 is 8.36. The van der Waals surface area contributed by atoms with E-state index in [-0.39, 0.29) is 29.9 Å². The van der Waals surface area contributed by atoms with Gasteiger partial charge in [0, 0.05) is 28.9 Å². The molecular weight excluding hydrogens is 392 g/mol. The summed E-state index contributed by atoms with van der Waals surface area (Å²) in [4.78, 5) is 28.1. The van der Waals surface area contributed by atoms with Gasteiger partial charge < -0.3 is 10.6 Å². The number of nitrogens with zero attached hydrogens (tertiary/aromatic N) is 2. The Morgan fingerprint density at radius 3 is 2.88 bits per heavy atom. The lowest BCUT2D eigenvalue weighted by Crippen LogP contribution is -2.31. The summed E-state index contributed by atoms with van der Waals surface area (Å²) in [5.41, 5.74) is 1.28. The predicted octanol–water partition coefficient (Wildman–Crippen LogP) is 3.51. The van der Waals surface area contributed by atoms with Crippen molar-refractivity contribution in [2.45, 2.75) is 12.3 Å². The molecule has 0 fully saturated rings. The number of hydrogen-bond donors (Lipinski definition) is 2. The van der Waals surface area contributed by atoms with Gasteiger partial charge in [0.05, 0.1) is 22.4 Å². The fourth-order valence-electron chi connectivity index (χ4n) is 2.49. The SMILES string of the molecule is N#CC1=C(SCC(=O)Nc2nccs2)NC(=O)C[C@H]1c1ccc(Cl)cc1. The molecule has 0 saturated carbocycles. The number of aromatic nitrogens is 1. The first-order valence-corrected chi connectivity index (χ1v) is 9.83. The number of thioether (sulfide) groups is 1. The van der Waals surface area contributed by atoms with Crippen molar-refractivity contribution in [3.63, 3.8) is 0 Å². The number of amides is 2. The Bertz CT molecular complexity index is 888. The van der Waals surface area contributed by atoms with E-state index in [1.54, 1.807) is 35.8 Å². The average Bonchev–Trinajstić information content (AvgIpc) is 3.13. The van der Waals surface area contributed by atoms with Gasteiger partial charge in [0.2, 0.25) is 11.8 Å². The number of nitriles is 1. The van der Waals surface area contributed by atoms with Crippen LogP contribution < -0.4 is 10.6 Å². The van der Waals surface area contributed by atoms with Crippen molar-refractivity contribution >= 4 is 51.6 Å². The molecule has 3 rings (SSSR count). The molecule has 0 bridgehead atoms. The van der Waals surface area contributed by atoms with Crippen LogP contribution in [0, 0.1) is 11.3 Å². The number of carbonyl (C=O) groups excluding carboxylic acids is 2. The molecule has 9 heteroatoms. The zero-order chi connectivity index (χ0) is 18.5. The molecule has 1 aromatic heterocycles. The standard InChI is InChI=1S/C17H13ClN4O2S2/c18-11-3-1-10(2-4-11)12-7-14(23)21-16(13(12)8-19)26-9-15(24)22-17-20-5-6-25-17/h1-6,12H,7,9H2,(H,21,23)(H,20,22,24)/t12-/m0/s1. The number of anilines is 1. The number of allylic oxidation sites excluding steroid dienone is 1. The van der Waals surface area contributed by atoms with Crippen molar-refractivity contribution in [1.29, 1.82) is 5.26 Å². The fourth-order valence-corrected chi connectivity index (χ4v) is 4.04. The minimum Gasteiger partial charge on any atom is -0.320 e. The largest absolute Gasteiger partial charge is 0.320 e. The van der Waals surface area contributed by atoms with Crippen LogP contribution in [0.4, 0.5) is 5.13 Å². The predicted molar refractivity (Wildman–Crippen MR) is 103 cm³/mol.